The minimum Gasteiger partial charge on any atom is -0.491 e. The van der Waals surface area contributed by atoms with E-state index in [0.29, 0.717) is 6.54 Å². The van der Waals surface area contributed by atoms with E-state index in [9.17, 15) is 0 Å². The van der Waals surface area contributed by atoms with Gasteiger partial charge in [0.05, 0.1) is 6.10 Å². The molecule has 3 N–H and O–H groups in total. The van der Waals surface area contributed by atoms with E-state index in [1.807, 2.05) is 13.8 Å². The summed E-state index contributed by atoms with van der Waals surface area (Å²) in [5.74, 6) is 1.73. The molecule has 1 aromatic rings. The second-order valence-corrected chi connectivity index (χ2v) is 7.31. The average molecular weight is 335 g/mol. The fourth-order valence-corrected chi connectivity index (χ4v) is 2.19. The van der Waals surface area contributed by atoms with E-state index in [4.69, 9.17) is 4.74 Å². The summed E-state index contributed by atoms with van der Waals surface area (Å²) in [4.78, 5) is 4.27. The zero-order valence-corrected chi connectivity index (χ0v) is 16.3. The first kappa shape index (κ1) is 20.3. The van der Waals surface area contributed by atoms with Gasteiger partial charge in [0.1, 0.15) is 5.75 Å². The van der Waals surface area contributed by atoms with Gasteiger partial charge in [-0.1, -0.05) is 12.1 Å². The van der Waals surface area contributed by atoms with Gasteiger partial charge in [0.15, 0.2) is 5.96 Å². The van der Waals surface area contributed by atoms with Gasteiger partial charge in [-0.25, -0.2) is 0 Å². The maximum Gasteiger partial charge on any atom is 0.191 e. The second-order valence-electron chi connectivity index (χ2n) is 7.31. The monoisotopic (exact) mass is 334 g/mol. The van der Waals surface area contributed by atoms with Crippen LogP contribution in [0.4, 0.5) is 0 Å². The lowest BCUT2D eigenvalue weighted by Gasteiger charge is -2.21. The molecule has 0 saturated carbocycles. The number of ether oxygens (including phenoxy) is 1. The molecule has 24 heavy (non-hydrogen) atoms. The highest BCUT2D eigenvalue weighted by Gasteiger charge is 2.09. The molecule has 136 valence electrons. The van der Waals surface area contributed by atoms with Gasteiger partial charge in [0, 0.05) is 37.8 Å². The zero-order chi connectivity index (χ0) is 18.2. The Hall–Kier alpha value is -1.75. The minimum atomic E-state index is 0.129. The highest BCUT2D eigenvalue weighted by atomic mass is 16.5. The molecule has 0 radical (unpaired) electrons. The summed E-state index contributed by atoms with van der Waals surface area (Å²) >= 11 is 0. The molecule has 0 aliphatic heterocycles. The van der Waals surface area contributed by atoms with Crippen LogP contribution in [0, 0.1) is 6.92 Å². The van der Waals surface area contributed by atoms with E-state index < -0.39 is 0 Å². The number of benzene rings is 1. The Kier molecular flexibility index (Phi) is 8.05. The molecule has 5 heteroatoms. The topological polar surface area (TPSA) is 57.7 Å². The number of rotatable bonds is 7. The third-order valence-corrected chi connectivity index (χ3v) is 3.33. The molecule has 0 heterocycles. The molecule has 5 nitrogen and oxygen atoms in total. The van der Waals surface area contributed by atoms with E-state index in [0.717, 1.165) is 30.4 Å². The van der Waals surface area contributed by atoms with Crippen LogP contribution in [0.15, 0.2) is 23.2 Å². The van der Waals surface area contributed by atoms with Crippen molar-refractivity contribution in [1.82, 2.24) is 16.0 Å². The Labute approximate surface area is 147 Å². The van der Waals surface area contributed by atoms with Crippen molar-refractivity contribution in [2.24, 2.45) is 4.99 Å². The summed E-state index contributed by atoms with van der Waals surface area (Å²) in [6.45, 7) is 15.0. The molecule has 1 aromatic carbocycles. The van der Waals surface area contributed by atoms with Crippen LogP contribution in [0.5, 0.6) is 5.75 Å². The van der Waals surface area contributed by atoms with Crippen LogP contribution in [-0.2, 0) is 6.54 Å². The third-order valence-electron chi connectivity index (χ3n) is 3.33. The normalized spacial score (nSPS) is 12.4. The van der Waals surface area contributed by atoms with E-state index >= 15 is 0 Å². The molecular formula is C19H34N4O. The van der Waals surface area contributed by atoms with Crippen molar-refractivity contribution < 1.29 is 4.74 Å². The van der Waals surface area contributed by atoms with Crippen LogP contribution in [-0.4, -0.2) is 37.7 Å². The molecule has 0 spiro atoms. The summed E-state index contributed by atoms with van der Waals surface area (Å²) in [6, 6.07) is 6.29. The van der Waals surface area contributed by atoms with Crippen molar-refractivity contribution in [3.63, 3.8) is 0 Å². The van der Waals surface area contributed by atoms with Crippen molar-refractivity contribution in [3.05, 3.63) is 29.3 Å². The summed E-state index contributed by atoms with van der Waals surface area (Å²) in [6.07, 6.45) is 0.159. The van der Waals surface area contributed by atoms with Gasteiger partial charge in [-0.3, -0.25) is 4.99 Å². The van der Waals surface area contributed by atoms with Crippen LogP contribution in [0.3, 0.4) is 0 Å². The van der Waals surface area contributed by atoms with Gasteiger partial charge >= 0.3 is 0 Å². The lowest BCUT2D eigenvalue weighted by atomic mass is 10.1. The molecular weight excluding hydrogens is 300 g/mol. The third kappa shape index (κ3) is 8.20. The number of aryl methyl sites for hydroxylation is 1. The SMILES string of the molecule is CN=C(NCCNC(C)(C)C)NCc1ccc(C)cc1OC(C)C. The molecule has 0 aromatic heterocycles. The van der Waals surface area contributed by atoms with E-state index in [1.165, 1.54) is 5.56 Å². The molecule has 0 unspecified atom stereocenters. The Morgan fingerprint density at radius 2 is 1.88 bits per heavy atom. The smallest absolute Gasteiger partial charge is 0.191 e. The van der Waals surface area contributed by atoms with Gasteiger partial charge in [0.2, 0.25) is 0 Å². The van der Waals surface area contributed by atoms with Crippen molar-refractivity contribution in [1.29, 1.82) is 0 Å². The van der Waals surface area contributed by atoms with Crippen LogP contribution in [0.1, 0.15) is 45.7 Å². The summed E-state index contributed by atoms with van der Waals surface area (Å²) in [5.41, 5.74) is 2.46. The largest absolute Gasteiger partial charge is 0.491 e. The van der Waals surface area contributed by atoms with Gasteiger partial charge in [0.25, 0.3) is 0 Å². The van der Waals surface area contributed by atoms with Crippen molar-refractivity contribution in [2.45, 2.75) is 59.7 Å². The Bertz CT molecular complexity index is 533. The van der Waals surface area contributed by atoms with E-state index in [1.54, 1.807) is 7.05 Å². The fraction of sp³-hybridized carbons (Fsp3) is 0.632. The number of aliphatic imine (C=N–C) groups is 1. The number of hydrogen-bond donors (Lipinski definition) is 3. The lowest BCUT2D eigenvalue weighted by Crippen LogP contribution is -2.44. The van der Waals surface area contributed by atoms with Crippen LogP contribution in [0.25, 0.3) is 0 Å². The standard InChI is InChI=1S/C19H34N4O/c1-14(2)24-17-12-15(3)8-9-16(17)13-22-18(20-7)21-10-11-23-19(4,5)6/h8-9,12,14,23H,10-11,13H2,1-7H3,(H2,20,21,22). The van der Waals surface area contributed by atoms with E-state index in [2.05, 4.69) is 66.8 Å². The minimum absolute atomic E-state index is 0.129. The molecule has 0 atom stereocenters. The predicted octanol–water partition coefficient (Wildman–Crippen LogP) is 2.84. The first-order valence-electron chi connectivity index (χ1n) is 8.67. The number of guanidine groups is 1. The first-order chi connectivity index (χ1) is 11.2. The molecule has 0 bridgehead atoms. The Morgan fingerprint density at radius 3 is 2.46 bits per heavy atom. The van der Waals surface area contributed by atoms with Crippen molar-refractivity contribution in [2.75, 3.05) is 20.1 Å². The number of nitrogens with one attached hydrogen (secondary N) is 3. The molecule has 0 aliphatic carbocycles. The fourth-order valence-electron chi connectivity index (χ4n) is 2.19. The quantitative estimate of drug-likeness (QED) is 0.408. The summed E-state index contributed by atoms with van der Waals surface area (Å²) < 4.78 is 5.92. The number of hydrogen-bond acceptors (Lipinski definition) is 3. The molecule has 1 rings (SSSR count). The average Bonchev–Trinajstić information content (AvgIpc) is 2.46. The van der Waals surface area contributed by atoms with Gasteiger partial charge in [-0.05, 0) is 53.2 Å². The van der Waals surface area contributed by atoms with Crippen molar-refractivity contribution >= 4 is 5.96 Å². The number of nitrogens with zero attached hydrogens (tertiary/aromatic N) is 1. The highest BCUT2D eigenvalue weighted by Crippen LogP contribution is 2.21. The van der Waals surface area contributed by atoms with Gasteiger partial charge in [-0.15, -0.1) is 0 Å². The van der Waals surface area contributed by atoms with E-state index in [-0.39, 0.29) is 11.6 Å². The maximum absolute atomic E-state index is 5.92. The molecule has 0 aliphatic rings. The zero-order valence-electron chi connectivity index (χ0n) is 16.3. The predicted molar refractivity (Wildman–Crippen MR) is 103 cm³/mol. The molecule has 0 fully saturated rings. The Balaban J connectivity index is 2.54. The maximum atomic E-state index is 5.92. The molecule has 0 amide bonds. The van der Waals surface area contributed by atoms with Crippen LogP contribution in [0.2, 0.25) is 0 Å². The summed E-state index contributed by atoms with van der Waals surface area (Å²) in [7, 11) is 1.78. The second kappa shape index (κ2) is 9.52. The van der Waals surface area contributed by atoms with Crippen molar-refractivity contribution in [3.8, 4) is 5.75 Å². The van der Waals surface area contributed by atoms with Gasteiger partial charge < -0.3 is 20.7 Å². The summed E-state index contributed by atoms with van der Waals surface area (Å²) in [5, 5.41) is 10.1. The molecule has 0 saturated heterocycles. The lowest BCUT2D eigenvalue weighted by molar-refractivity contribution is 0.239. The van der Waals surface area contributed by atoms with Crippen LogP contribution < -0.4 is 20.7 Å². The van der Waals surface area contributed by atoms with Crippen LogP contribution >= 0.6 is 0 Å². The Morgan fingerprint density at radius 1 is 1.17 bits per heavy atom. The first-order valence-corrected chi connectivity index (χ1v) is 8.67. The highest BCUT2D eigenvalue weighted by molar-refractivity contribution is 5.79. The van der Waals surface area contributed by atoms with Gasteiger partial charge in [-0.2, -0.15) is 0 Å².